The van der Waals surface area contributed by atoms with Crippen LogP contribution in [0.3, 0.4) is 0 Å². The van der Waals surface area contributed by atoms with Gasteiger partial charge in [0.2, 0.25) is 0 Å². The topological polar surface area (TPSA) is 49.3 Å². The highest BCUT2D eigenvalue weighted by atomic mass is 16.4. The number of hydrogen-bond donors (Lipinski definition) is 2. The molecular weight excluding hydrogens is 226 g/mol. The van der Waals surface area contributed by atoms with Crippen molar-refractivity contribution in [2.75, 3.05) is 6.54 Å². The van der Waals surface area contributed by atoms with Crippen LogP contribution in [0.2, 0.25) is 0 Å². The number of rotatable bonds is 8. The Morgan fingerprint density at radius 1 is 1.22 bits per heavy atom. The Morgan fingerprint density at radius 3 is 2.39 bits per heavy atom. The molecule has 1 unspecified atom stereocenters. The van der Waals surface area contributed by atoms with Crippen molar-refractivity contribution in [3.63, 3.8) is 0 Å². The highest BCUT2D eigenvalue weighted by molar-refractivity contribution is 5.69. The van der Waals surface area contributed by atoms with Crippen LogP contribution >= 0.6 is 0 Å². The minimum Gasteiger partial charge on any atom is -0.481 e. The monoisotopic (exact) mass is 249 g/mol. The first kappa shape index (κ1) is 14.7. The number of carbonyl (C=O) groups is 1. The van der Waals surface area contributed by atoms with E-state index in [2.05, 4.69) is 19.2 Å². The number of nitrogens with one attached hydrogen (secondary N) is 1. The van der Waals surface area contributed by atoms with Crippen molar-refractivity contribution in [1.82, 2.24) is 5.32 Å². The molecule has 0 spiro atoms. The van der Waals surface area contributed by atoms with E-state index in [-0.39, 0.29) is 6.42 Å². The summed E-state index contributed by atoms with van der Waals surface area (Å²) in [7, 11) is 0. The molecule has 1 aromatic rings. The maximum atomic E-state index is 11.2. The summed E-state index contributed by atoms with van der Waals surface area (Å²) >= 11 is 0. The molecular formula is C15H23NO2. The summed E-state index contributed by atoms with van der Waals surface area (Å²) in [5.41, 5.74) is 0.639. The van der Waals surface area contributed by atoms with Gasteiger partial charge in [0.25, 0.3) is 0 Å². The van der Waals surface area contributed by atoms with E-state index in [1.807, 2.05) is 30.3 Å². The van der Waals surface area contributed by atoms with E-state index in [9.17, 15) is 9.90 Å². The third kappa shape index (κ3) is 3.84. The summed E-state index contributed by atoms with van der Waals surface area (Å²) in [6.45, 7) is 5.02. The van der Waals surface area contributed by atoms with Gasteiger partial charge in [-0.05, 0) is 24.9 Å². The highest BCUT2D eigenvalue weighted by Gasteiger charge is 2.32. The molecule has 0 aliphatic carbocycles. The van der Waals surface area contributed by atoms with Gasteiger partial charge in [-0.25, -0.2) is 0 Å². The zero-order chi connectivity index (χ0) is 13.4. The molecule has 0 aliphatic rings. The van der Waals surface area contributed by atoms with Crippen LogP contribution in [0.1, 0.15) is 45.1 Å². The van der Waals surface area contributed by atoms with E-state index >= 15 is 0 Å². The molecule has 0 fully saturated rings. The fourth-order valence-corrected chi connectivity index (χ4v) is 2.39. The maximum absolute atomic E-state index is 11.2. The Morgan fingerprint density at radius 2 is 1.89 bits per heavy atom. The Balaban J connectivity index is 3.06. The van der Waals surface area contributed by atoms with Gasteiger partial charge in [0.1, 0.15) is 0 Å². The highest BCUT2D eigenvalue weighted by Crippen LogP contribution is 2.30. The minimum atomic E-state index is -0.754. The van der Waals surface area contributed by atoms with E-state index in [4.69, 9.17) is 0 Å². The molecule has 0 aromatic heterocycles. The van der Waals surface area contributed by atoms with Gasteiger partial charge in [-0.1, -0.05) is 50.6 Å². The average molecular weight is 249 g/mol. The van der Waals surface area contributed by atoms with Gasteiger partial charge in [0.15, 0.2) is 0 Å². The van der Waals surface area contributed by atoms with Gasteiger partial charge >= 0.3 is 5.97 Å². The van der Waals surface area contributed by atoms with Crippen LogP contribution in [0.4, 0.5) is 0 Å². The summed E-state index contributed by atoms with van der Waals surface area (Å²) in [6.07, 6.45) is 2.92. The molecule has 0 amide bonds. The smallest absolute Gasteiger partial charge is 0.305 e. The van der Waals surface area contributed by atoms with Crippen molar-refractivity contribution < 1.29 is 9.90 Å². The molecule has 1 aromatic carbocycles. The van der Waals surface area contributed by atoms with E-state index in [1.165, 1.54) is 0 Å². The molecule has 1 rings (SSSR count). The fourth-order valence-electron chi connectivity index (χ4n) is 2.39. The lowest BCUT2D eigenvalue weighted by Gasteiger charge is -2.34. The molecule has 100 valence electrons. The van der Waals surface area contributed by atoms with Gasteiger partial charge in [0.05, 0.1) is 12.0 Å². The SMILES string of the molecule is CCCNC(CCC)(CC(=O)O)c1ccccc1. The van der Waals surface area contributed by atoms with Crippen LogP contribution in [0.15, 0.2) is 30.3 Å². The molecule has 1 atom stereocenters. The van der Waals surface area contributed by atoms with Crippen molar-refractivity contribution in [1.29, 1.82) is 0 Å². The second-order valence-corrected chi connectivity index (χ2v) is 4.70. The van der Waals surface area contributed by atoms with E-state index in [1.54, 1.807) is 0 Å². The lowest BCUT2D eigenvalue weighted by atomic mass is 9.82. The van der Waals surface area contributed by atoms with Gasteiger partial charge in [0, 0.05) is 0 Å². The van der Waals surface area contributed by atoms with Gasteiger partial charge in [-0.2, -0.15) is 0 Å². The standard InChI is InChI=1S/C15H23NO2/c1-3-10-15(12-14(17)18,16-11-4-2)13-8-6-5-7-9-13/h5-9,16H,3-4,10-12H2,1-2H3,(H,17,18). The van der Waals surface area contributed by atoms with Crippen molar-refractivity contribution in [3.8, 4) is 0 Å². The van der Waals surface area contributed by atoms with Crippen LogP contribution in [0, 0.1) is 0 Å². The lowest BCUT2D eigenvalue weighted by Crippen LogP contribution is -2.44. The van der Waals surface area contributed by atoms with Crippen molar-refractivity contribution in [2.45, 2.75) is 45.1 Å². The largest absolute Gasteiger partial charge is 0.481 e. The van der Waals surface area contributed by atoms with Crippen LogP contribution < -0.4 is 5.32 Å². The molecule has 0 aliphatic heterocycles. The summed E-state index contributed by atoms with van der Waals surface area (Å²) in [5, 5.41) is 12.6. The first-order valence-corrected chi connectivity index (χ1v) is 6.67. The lowest BCUT2D eigenvalue weighted by molar-refractivity contribution is -0.139. The summed E-state index contributed by atoms with van der Waals surface area (Å²) in [6, 6.07) is 9.92. The fraction of sp³-hybridized carbons (Fsp3) is 0.533. The van der Waals surface area contributed by atoms with Crippen LogP contribution in [0.25, 0.3) is 0 Å². The average Bonchev–Trinajstić information content (AvgIpc) is 2.36. The first-order valence-electron chi connectivity index (χ1n) is 6.67. The number of aliphatic carboxylic acids is 1. The zero-order valence-corrected chi connectivity index (χ0v) is 11.3. The molecule has 3 nitrogen and oxygen atoms in total. The summed E-state index contributed by atoms with van der Waals surface area (Å²) < 4.78 is 0. The number of carboxylic acids is 1. The summed E-state index contributed by atoms with van der Waals surface area (Å²) in [5.74, 6) is -0.754. The van der Waals surface area contributed by atoms with Crippen LogP contribution in [-0.4, -0.2) is 17.6 Å². The Labute approximate surface area is 109 Å². The maximum Gasteiger partial charge on any atom is 0.305 e. The van der Waals surface area contributed by atoms with Crippen LogP contribution in [0.5, 0.6) is 0 Å². The second-order valence-electron chi connectivity index (χ2n) is 4.70. The molecule has 0 saturated carbocycles. The third-order valence-corrected chi connectivity index (χ3v) is 3.17. The zero-order valence-electron chi connectivity index (χ0n) is 11.3. The van der Waals surface area contributed by atoms with E-state index < -0.39 is 11.5 Å². The van der Waals surface area contributed by atoms with Gasteiger partial charge in [-0.3, -0.25) is 4.79 Å². The molecule has 0 heterocycles. The first-order chi connectivity index (χ1) is 8.64. The number of hydrogen-bond acceptors (Lipinski definition) is 2. The van der Waals surface area contributed by atoms with Crippen LogP contribution in [-0.2, 0) is 10.3 Å². The molecule has 3 heteroatoms. The predicted octanol–water partition coefficient (Wildman–Crippen LogP) is 3.16. The Hall–Kier alpha value is -1.35. The number of benzene rings is 1. The molecule has 0 radical (unpaired) electrons. The quantitative estimate of drug-likeness (QED) is 0.744. The molecule has 0 bridgehead atoms. The molecule has 2 N–H and O–H groups in total. The van der Waals surface area contributed by atoms with E-state index in [0.717, 1.165) is 31.4 Å². The Kier molecular flexibility index (Phi) is 5.86. The molecule has 0 saturated heterocycles. The normalized spacial score (nSPS) is 14.1. The summed E-state index contributed by atoms with van der Waals surface area (Å²) in [4.78, 5) is 11.2. The Bertz CT molecular complexity index is 364. The van der Waals surface area contributed by atoms with Crippen molar-refractivity contribution in [2.24, 2.45) is 0 Å². The second kappa shape index (κ2) is 7.17. The minimum absolute atomic E-state index is 0.130. The predicted molar refractivity (Wildman–Crippen MR) is 73.6 cm³/mol. The number of carboxylic acid groups (broad SMARTS) is 1. The van der Waals surface area contributed by atoms with Gasteiger partial charge in [-0.15, -0.1) is 0 Å². The van der Waals surface area contributed by atoms with Crippen molar-refractivity contribution in [3.05, 3.63) is 35.9 Å². The van der Waals surface area contributed by atoms with E-state index in [0.29, 0.717) is 0 Å². The molecule has 18 heavy (non-hydrogen) atoms. The third-order valence-electron chi connectivity index (χ3n) is 3.17. The van der Waals surface area contributed by atoms with Crippen molar-refractivity contribution >= 4 is 5.97 Å². The van der Waals surface area contributed by atoms with Gasteiger partial charge < -0.3 is 10.4 Å².